The van der Waals surface area contributed by atoms with Gasteiger partial charge in [0.1, 0.15) is 24.2 Å². The number of nitro benzene ring substituents is 1. The zero-order valence-corrected chi connectivity index (χ0v) is 24.9. The highest BCUT2D eigenvalue weighted by atomic mass is 16.6. The molecule has 45 heavy (non-hydrogen) atoms. The highest BCUT2D eigenvalue weighted by Crippen LogP contribution is 2.20. The number of non-ortho nitro benzene ring substituents is 1. The van der Waals surface area contributed by atoms with Crippen LogP contribution < -0.4 is 21.3 Å². The van der Waals surface area contributed by atoms with Gasteiger partial charge in [-0.15, -0.1) is 0 Å². The van der Waals surface area contributed by atoms with Gasteiger partial charge in [0.2, 0.25) is 29.5 Å². The molecule has 240 valence electrons. The number of benzene rings is 2. The molecule has 1 fully saturated rings. The third kappa shape index (κ3) is 10.1. The quantitative estimate of drug-likeness (QED) is 0.150. The van der Waals surface area contributed by atoms with E-state index in [1.807, 2.05) is 6.07 Å². The summed E-state index contributed by atoms with van der Waals surface area (Å²) in [5, 5.41) is 30.0. The van der Waals surface area contributed by atoms with Crippen LogP contribution in [0.2, 0.25) is 0 Å². The second-order valence-corrected chi connectivity index (χ2v) is 10.6. The van der Waals surface area contributed by atoms with E-state index in [-0.39, 0.29) is 25.1 Å². The van der Waals surface area contributed by atoms with Gasteiger partial charge in [-0.3, -0.25) is 38.9 Å². The number of rotatable bonds is 14. The van der Waals surface area contributed by atoms with Crippen molar-refractivity contribution in [3.8, 4) is 0 Å². The van der Waals surface area contributed by atoms with Crippen molar-refractivity contribution in [3.05, 3.63) is 70.3 Å². The smallest absolute Gasteiger partial charge is 0.303 e. The molecule has 5 amide bonds. The molecule has 0 bridgehead atoms. The second-order valence-electron chi connectivity index (χ2n) is 10.6. The lowest BCUT2D eigenvalue weighted by atomic mass is 10.0. The van der Waals surface area contributed by atoms with E-state index in [1.54, 1.807) is 24.3 Å². The molecule has 2 aromatic carbocycles. The summed E-state index contributed by atoms with van der Waals surface area (Å²) in [6, 6.07) is 10.2. The number of likely N-dealkylation sites (tertiary alicyclic amines) is 1. The van der Waals surface area contributed by atoms with Crippen molar-refractivity contribution in [1.29, 1.82) is 0 Å². The largest absolute Gasteiger partial charge is 0.481 e. The molecule has 15 nitrogen and oxygen atoms in total. The maximum absolute atomic E-state index is 13.5. The number of hydrogen-bond donors (Lipinski definition) is 5. The molecule has 0 radical (unpaired) electrons. The van der Waals surface area contributed by atoms with Gasteiger partial charge in [0, 0.05) is 37.2 Å². The number of nitrogens with zero attached hydrogens (tertiary/aromatic N) is 2. The predicted octanol–water partition coefficient (Wildman–Crippen LogP) is 1.13. The Morgan fingerprint density at radius 2 is 1.58 bits per heavy atom. The number of anilines is 1. The van der Waals surface area contributed by atoms with E-state index >= 15 is 0 Å². The first kappa shape index (κ1) is 34.2. The lowest BCUT2D eigenvalue weighted by molar-refractivity contribution is -0.384. The molecular weight excluding hydrogens is 588 g/mol. The first-order valence-corrected chi connectivity index (χ1v) is 14.4. The summed E-state index contributed by atoms with van der Waals surface area (Å²) in [5.41, 5.74) is 0.919. The molecule has 4 unspecified atom stereocenters. The summed E-state index contributed by atoms with van der Waals surface area (Å²) < 4.78 is 0. The van der Waals surface area contributed by atoms with E-state index in [1.165, 1.54) is 43.0 Å². The average molecular weight is 625 g/mol. The fourth-order valence-corrected chi connectivity index (χ4v) is 4.77. The van der Waals surface area contributed by atoms with Crippen LogP contribution in [0.5, 0.6) is 0 Å². The second kappa shape index (κ2) is 15.9. The van der Waals surface area contributed by atoms with Crippen LogP contribution >= 0.6 is 0 Å². The van der Waals surface area contributed by atoms with Crippen molar-refractivity contribution in [1.82, 2.24) is 20.9 Å². The van der Waals surface area contributed by atoms with Gasteiger partial charge < -0.3 is 31.3 Å². The molecule has 0 aromatic heterocycles. The van der Waals surface area contributed by atoms with Crippen molar-refractivity contribution in [3.63, 3.8) is 0 Å². The molecule has 1 heterocycles. The number of amides is 5. The summed E-state index contributed by atoms with van der Waals surface area (Å²) in [6.45, 7) is 3.09. The van der Waals surface area contributed by atoms with E-state index in [4.69, 9.17) is 5.11 Å². The standard InChI is InChI=1S/C30H36N6O9/c1-18(31-25(37)14-15-26(38)39)27(40)32-19(2)30(43)35-16-6-9-24(35)29(42)34-23(17-20-7-4-3-5-8-20)28(41)33-21-10-12-22(13-11-21)36(44)45/h3-5,7-8,10-13,18-19,23-24H,6,9,14-17H2,1-2H3,(H,31,37)(H,32,40)(H,33,41)(H,34,42)(H,38,39). The Morgan fingerprint density at radius 3 is 2.20 bits per heavy atom. The molecule has 0 saturated carbocycles. The minimum atomic E-state index is -1.15. The summed E-state index contributed by atoms with van der Waals surface area (Å²) in [6.07, 6.45) is 0.283. The maximum atomic E-state index is 13.5. The normalized spacial score (nSPS) is 16.0. The molecule has 2 aromatic rings. The summed E-state index contributed by atoms with van der Waals surface area (Å²) >= 11 is 0. The summed E-state index contributed by atoms with van der Waals surface area (Å²) in [7, 11) is 0. The van der Waals surface area contributed by atoms with Gasteiger partial charge in [0.25, 0.3) is 5.69 Å². The van der Waals surface area contributed by atoms with Crippen molar-refractivity contribution in [2.24, 2.45) is 0 Å². The first-order chi connectivity index (χ1) is 21.3. The Morgan fingerprint density at radius 1 is 0.911 bits per heavy atom. The maximum Gasteiger partial charge on any atom is 0.303 e. The van der Waals surface area contributed by atoms with Gasteiger partial charge in [-0.05, 0) is 44.4 Å². The Balaban J connectivity index is 1.65. The van der Waals surface area contributed by atoms with Gasteiger partial charge in [-0.25, -0.2) is 0 Å². The summed E-state index contributed by atoms with van der Waals surface area (Å²) in [4.78, 5) is 86.9. The fraction of sp³-hybridized carbons (Fsp3) is 0.400. The SMILES string of the molecule is CC(NC(=O)CCC(=O)O)C(=O)NC(C)C(=O)N1CCCC1C(=O)NC(Cc1ccccc1)C(=O)Nc1ccc([N+](=O)[O-])cc1. The van der Waals surface area contributed by atoms with Crippen LogP contribution in [-0.4, -0.2) is 81.1 Å². The number of hydrogen-bond acceptors (Lipinski definition) is 8. The van der Waals surface area contributed by atoms with Crippen molar-refractivity contribution >= 4 is 46.9 Å². The van der Waals surface area contributed by atoms with Gasteiger partial charge in [0.15, 0.2) is 0 Å². The number of carboxylic acids is 1. The third-order valence-electron chi connectivity index (χ3n) is 7.17. The Hall–Kier alpha value is -5.34. The average Bonchev–Trinajstić information content (AvgIpc) is 3.50. The number of aliphatic carboxylic acids is 1. The van der Waals surface area contributed by atoms with Gasteiger partial charge in [-0.2, -0.15) is 0 Å². The minimum absolute atomic E-state index is 0.134. The molecular formula is C30H36N6O9. The Labute approximate surface area is 258 Å². The van der Waals surface area contributed by atoms with Crippen molar-refractivity contribution in [2.45, 2.75) is 70.1 Å². The molecule has 1 aliphatic rings. The molecule has 5 N–H and O–H groups in total. The Bertz CT molecular complexity index is 1420. The first-order valence-electron chi connectivity index (χ1n) is 14.4. The molecule has 4 atom stereocenters. The number of carboxylic acid groups (broad SMARTS) is 1. The molecule has 1 aliphatic heterocycles. The third-order valence-corrected chi connectivity index (χ3v) is 7.17. The van der Waals surface area contributed by atoms with Crippen LogP contribution in [0.4, 0.5) is 11.4 Å². The number of carbonyl (C=O) groups excluding carboxylic acids is 5. The van der Waals surface area contributed by atoms with Crippen LogP contribution in [0.3, 0.4) is 0 Å². The van der Waals surface area contributed by atoms with E-state index < -0.39 is 71.0 Å². The number of nitro groups is 1. The molecule has 15 heteroatoms. The van der Waals surface area contributed by atoms with E-state index in [9.17, 15) is 38.9 Å². The molecule has 0 aliphatic carbocycles. The van der Waals surface area contributed by atoms with Crippen LogP contribution in [0.15, 0.2) is 54.6 Å². The van der Waals surface area contributed by atoms with Crippen LogP contribution in [0, 0.1) is 10.1 Å². The van der Waals surface area contributed by atoms with E-state index in [0.29, 0.717) is 18.5 Å². The predicted molar refractivity (Wildman–Crippen MR) is 161 cm³/mol. The zero-order chi connectivity index (χ0) is 33.1. The summed E-state index contributed by atoms with van der Waals surface area (Å²) in [5.74, 6) is -4.08. The van der Waals surface area contributed by atoms with Crippen LogP contribution in [0.1, 0.15) is 45.1 Å². The van der Waals surface area contributed by atoms with Crippen LogP contribution in [-0.2, 0) is 35.2 Å². The van der Waals surface area contributed by atoms with Gasteiger partial charge >= 0.3 is 5.97 Å². The monoisotopic (exact) mass is 624 g/mol. The van der Waals surface area contributed by atoms with E-state index in [2.05, 4.69) is 21.3 Å². The highest BCUT2D eigenvalue weighted by molar-refractivity contribution is 5.99. The van der Waals surface area contributed by atoms with Gasteiger partial charge in [0.05, 0.1) is 11.3 Å². The highest BCUT2D eigenvalue weighted by Gasteiger charge is 2.38. The Kier molecular flexibility index (Phi) is 12.1. The molecule has 0 spiro atoms. The lowest BCUT2D eigenvalue weighted by Gasteiger charge is -2.29. The zero-order valence-electron chi connectivity index (χ0n) is 24.9. The lowest BCUT2D eigenvalue weighted by Crippen LogP contribution is -2.56. The van der Waals surface area contributed by atoms with E-state index in [0.717, 1.165) is 5.56 Å². The minimum Gasteiger partial charge on any atom is -0.481 e. The fourth-order valence-electron chi connectivity index (χ4n) is 4.77. The van der Waals surface area contributed by atoms with Crippen molar-refractivity contribution < 1.29 is 38.8 Å². The molecule has 1 saturated heterocycles. The number of carbonyl (C=O) groups is 6. The van der Waals surface area contributed by atoms with Crippen LogP contribution in [0.25, 0.3) is 0 Å². The number of nitrogens with one attached hydrogen (secondary N) is 4. The topological polar surface area (TPSA) is 217 Å². The molecule has 3 rings (SSSR count). The van der Waals surface area contributed by atoms with Crippen molar-refractivity contribution in [2.75, 3.05) is 11.9 Å². The van der Waals surface area contributed by atoms with Gasteiger partial charge in [-0.1, -0.05) is 30.3 Å².